The number of ether oxygens (including phenoxy) is 4. The molecule has 0 rings (SSSR count). The minimum Gasteiger partial charge on any atom is -0.381 e. The lowest BCUT2D eigenvalue weighted by Gasteiger charge is -2.18. The van der Waals surface area contributed by atoms with E-state index in [2.05, 4.69) is 33.2 Å². The average molecular weight is 505 g/mol. The SMILES string of the molecule is C.C.C.C=C(C)C(C)OCC.C=C(C)CCOCC.C=CC(C)(C)OCC.C=CC(C)COCC. The van der Waals surface area contributed by atoms with Gasteiger partial charge in [-0.3, -0.25) is 0 Å². The van der Waals surface area contributed by atoms with E-state index in [1.807, 2.05) is 68.4 Å². The molecule has 35 heavy (non-hydrogen) atoms. The van der Waals surface area contributed by atoms with Crippen molar-refractivity contribution < 1.29 is 18.9 Å². The fourth-order valence-corrected chi connectivity index (χ4v) is 1.59. The minimum absolute atomic E-state index is 0. The third-order valence-corrected chi connectivity index (χ3v) is 3.98. The monoisotopic (exact) mass is 505 g/mol. The third-order valence-electron chi connectivity index (χ3n) is 3.98. The molecule has 0 aliphatic heterocycles. The Balaban J connectivity index is -0.0000000581. The summed E-state index contributed by atoms with van der Waals surface area (Å²) in [5.74, 6) is 0.495. The fourth-order valence-electron chi connectivity index (χ4n) is 1.59. The summed E-state index contributed by atoms with van der Waals surface area (Å²) in [6, 6.07) is 0. The average Bonchev–Trinajstić information content (AvgIpc) is 2.73. The molecule has 0 aromatic heterocycles. The molecule has 2 atom stereocenters. The van der Waals surface area contributed by atoms with E-state index < -0.39 is 0 Å². The van der Waals surface area contributed by atoms with Crippen molar-refractivity contribution >= 4 is 0 Å². The summed E-state index contributed by atoms with van der Waals surface area (Å²) in [7, 11) is 0. The maximum absolute atomic E-state index is 5.26. The second-order valence-electron chi connectivity index (χ2n) is 7.96. The molecule has 0 saturated carbocycles. The van der Waals surface area contributed by atoms with Gasteiger partial charge >= 0.3 is 0 Å². The fraction of sp³-hybridized carbons (Fsp3) is 0.742. The van der Waals surface area contributed by atoms with Crippen molar-refractivity contribution in [2.45, 2.75) is 110 Å². The van der Waals surface area contributed by atoms with Crippen LogP contribution in [0.5, 0.6) is 0 Å². The largest absolute Gasteiger partial charge is 0.381 e. The van der Waals surface area contributed by atoms with Crippen LogP contribution in [0.2, 0.25) is 0 Å². The molecule has 0 spiro atoms. The molecule has 0 saturated heterocycles. The van der Waals surface area contributed by atoms with Crippen LogP contribution in [0, 0.1) is 5.92 Å². The van der Waals surface area contributed by atoms with E-state index in [1.165, 1.54) is 5.57 Å². The second-order valence-corrected chi connectivity index (χ2v) is 7.96. The normalized spacial score (nSPS) is 10.8. The van der Waals surface area contributed by atoms with Crippen molar-refractivity contribution in [3.63, 3.8) is 0 Å². The smallest absolute Gasteiger partial charge is 0.0803 e. The first-order valence-electron chi connectivity index (χ1n) is 11.9. The number of hydrogen-bond donors (Lipinski definition) is 0. The molecule has 0 bridgehead atoms. The van der Waals surface area contributed by atoms with Crippen LogP contribution >= 0.6 is 0 Å². The van der Waals surface area contributed by atoms with Crippen LogP contribution in [0.25, 0.3) is 0 Å². The molecular formula is C31H68O4. The Bertz CT molecular complexity index is 441. The maximum Gasteiger partial charge on any atom is 0.0803 e. The Kier molecular flexibility index (Phi) is 54.0. The van der Waals surface area contributed by atoms with Crippen molar-refractivity contribution in [1.29, 1.82) is 0 Å². The van der Waals surface area contributed by atoms with Gasteiger partial charge < -0.3 is 18.9 Å². The van der Waals surface area contributed by atoms with Crippen LogP contribution in [-0.2, 0) is 18.9 Å². The lowest BCUT2D eigenvalue weighted by atomic mass is 10.1. The molecule has 0 fully saturated rings. The van der Waals surface area contributed by atoms with Gasteiger partial charge in [-0.05, 0) is 74.7 Å². The summed E-state index contributed by atoms with van der Waals surface area (Å²) >= 11 is 0. The van der Waals surface area contributed by atoms with Crippen LogP contribution < -0.4 is 0 Å². The van der Waals surface area contributed by atoms with Crippen molar-refractivity contribution in [1.82, 2.24) is 0 Å². The van der Waals surface area contributed by atoms with Crippen LogP contribution in [0.15, 0.2) is 49.6 Å². The second kappa shape index (κ2) is 37.4. The highest BCUT2D eigenvalue weighted by Gasteiger charge is 2.09. The predicted octanol–water partition coefficient (Wildman–Crippen LogP) is 9.72. The highest BCUT2D eigenvalue weighted by atomic mass is 16.5. The van der Waals surface area contributed by atoms with Gasteiger partial charge in [0.1, 0.15) is 0 Å². The van der Waals surface area contributed by atoms with E-state index in [-0.39, 0.29) is 34.0 Å². The molecule has 0 aliphatic rings. The molecule has 0 aliphatic carbocycles. The molecule has 0 amide bonds. The van der Waals surface area contributed by atoms with E-state index in [9.17, 15) is 0 Å². The summed E-state index contributed by atoms with van der Waals surface area (Å²) in [6.45, 7) is 39.5. The van der Waals surface area contributed by atoms with E-state index in [4.69, 9.17) is 18.9 Å². The molecule has 0 heterocycles. The first-order valence-corrected chi connectivity index (χ1v) is 11.9. The molecular weight excluding hydrogens is 436 g/mol. The summed E-state index contributed by atoms with van der Waals surface area (Å²) in [5.41, 5.74) is 2.14. The van der Waals surface area contributed by atoms with Gasteiger partial charge in [-0.25, -0.2) is 0 Å². The molecule has 2 unspecified atom stereocenters. The zero-order valence-corrected chi connectivity index (χ0v) is 23.2. The summed E-state index contributed by atoms with van der Waals surface area (Å²) in [6.07, 6.45) is 4.92. The van der Waals surface area contributed by atoms with Crippen LogP contribution in [0.1, 0.15) is 97.9 Å². The Morgan fingerprint density at radius 2 is 1.31 bits per heavy atom. The molecule has 216 valence electrons. The van der Waals surface area contributed by atoms with E-state index in [0.717, 1.165) is 51.6 Å². The lowest BCUT2D eigenvalue weighted by molar-refractivity contribution is 0.0288. The van der Waals surface area contributed by atoms with Gasteiger partial charge in [0.05, 0.1) is 24.9 Å². The van der Waals surface area contributed by atoms with E-state index in [0.29, 0.717) is 5.92 Å². The highest BCUT2D eigenvalue weighted by molar-refractivity contribution is 4.94. The first kappa shape index (κ1) is 50.6. The quantitative estimate of drug-likeness (QED) is 0.174. The van der Waals surface area contributed by atoms with Gasteiger partial charge in [0.25, 0.3) is 0 Å². The maximum atomic E-state index is 5.26. The zero-order valence-electron chi connectivity index (χ0n) is 23.2. The van der Waals surface area contributed by atoms with Gasteiger partial charge in [-0.1, -0.05) is 59.1 Å². The highest BCUT2D eigenvalue weighted by Crippen LogP contribution is 2.08. The number of hydrogen-bond acceptors (Lipinski definition) is 4. The molecule has 0 N–H and O–H groups in total. The first-order chi connectivity index (χ1) is 14.9. The minimum atomic E-state index is -0.144. The van der Waals surface area contributed by atoms with Crippen molar-refractivity contribution in [3.8, 4) is 0 Å². The van der Waals surface area contributed by atoms with E-state index in [1.54, 1.807) is 6.08 Å². The molecule has 0 aromatic carbocycles. The Morgan fingerprint density at radius 3 is 1.54 bits per heavy atom. The molecule has 0 radical (unpaired) electrons. The Hall–Kier alpha value is -1.20. The van der Waals surface area contributed by atoms with Gasteiger partial charge in [0, 0.05) is 26.4 Å². The molecule has 0 aromatic rings. The summed E-state index contributed by atoms with van der Waals surface area (Å²) in [4.78, 5) is 0. The van der Waals surface area contributed by atoms with Crippen LogP contribution in [0.3, 0.4) is 0 Å². The third kappa shape index (κ3) is 54.9. The van der Waals surface area contributed by atoms with Gasteiger partial charge in [-0.2, -0.15) is 0 Å². The standard InChI is InChI=1S/4C7H14O.3CH4/c1-5-7(3,4)8-6-2;1-5-8-7(4)6(2)3;1-4-8-6-5-7(2)3;1-4-7(3)6-8-5-2;;;/h5H,1,6H2,2-4H3;7H,2,5H2,1,3-4H3;2,4-6H2,1,3H3;4,7H,1,5-6H2,2-3H3;3*1H4. The van der Waals surface area contributed by atoms with Gasteiger partial charge in [0.2, 0.25) is 0 Å². The Morgan fingerprint density at radius 1 is 0.829 bits per heavy atom. The number of rotatable bonds is 14. The van der Waals surface area contributed by atoms with E-state index >= 15 is 0 Å². The van der Waals surface area contributed by atoms with Crippen molar-refractivity contribution in [2.75, 3.05) is 39.6 Å². The molecule has 4 nitrogen and oxygen atoms in total. The summed E-state index contributed by atoms with van der Waals surface area (Å²) < 4.78 is 20.7. The lowest BCUT2D eigenvalue weighted by Crippen LogP contribution is -2.20. The zero-order chi connectivity index (χ0) is 26.0. The van der Waals surface area contributed by atoms with Crippen LogP contribution in [0.4, 0.5) is 0 Å². The topological polar surface area (TPSA) is 36.9 Å². The Labute approximate surface area is 223 Å². The van der Waals surface area contributed by atoms with Crippen molar-refractivity contribution in [3.05, 3.63) is 49.6 Å². The summed E-state index contributed by atoms with van der Waals surface area (Å²) in [5, 5.41) is 0. The molecule has 4 heteroatoms. The van der Waals surface area contributed by atoms with Gasteiger partial charge in [0.15, 0.2) is 0 Å². The van der Waals surface area contributed by atoms with Crippen LogP contribution in [-0.4, -0.2) is 51.3 Å². The predicted molar refractivity (Wildman–Crippen MR) is 164 cm³/mol. The van der Waals surface area contributed by atoms with Crippen molar-refractivity contribution in [2.24, 2.45) is 5.92 Å². The van der Waals surface area contributed by atoms with Gasteiger partial charge in [-0.15, -0.1) is 19.7 Å².